The molecule has 1 aromatic rings. The minimum Gasteiger partial charge on any atom is -0.324 e. The zero-order valence-electron chi connectivity index (χ0n) is 8.74. The molecule has 1 nitrogen and oxygen atoms in total. The average molecular weight is 251 g/mol. The first-order valence-electron chi connectivity index (χ1n) is 4.79. The topological polar surface area (TPSA) is 26.0 Å². The lowest BCUT2D eigenvalue weighted by Crippen LogP contribution is -2.17. The molecule has 1 rings (SSSR count). The van der Waals surface area contributed by atoms with Crippen molar-refractivity contribution in [2.45, 2.75) is 18.9 Å². The molecule has 0 aliphatic heterocycles. The van der Waals surface area contributed by atoms with Crippen LogP contribution in [0.4, 0.5) is 22.0 Å². The van der Waals surface area contributed by atoms with Crippen LogP contribution in [0.2, 0.25) is 0 Å². The smallest absolute Gasteiger partial charge is 0.200 e. The molecule has 0 bridgehead atoms. The quantitative estimate of drug-likeness (QED) is 0.377. The zero-order valence-corrected chi connectivity index (χ0v) is 8.74. The molecule has 94 valence electrons. The maximum absolute atomic E-state index is 13.3. The predicted molar refractivity (Wildman–Crippen MR) is 52.6 cm³/mol. The molecule has 0 spiro atoms. The van der Waals surface area contributed by atoms with E-state index in [0.29, 0.717) is 6.42 Å². The summed E-state index contributed by atoms with van der Waals surface area (Å²) in [6.45, 7) is 3.37. The Bertz CT molecular complexity index is 415. The number of halogens is 5. The van der Waals surface area contributed by atoms with E-state index in [1.165, 1.54) is 6.08 Å². The van der Waals surface area contributed by atoms with E-state index < -0.39 is 40.7 Å². The Morgan fingerprint density at radius 1 is 0.941 bits per heavy atom. The Kier molecular flexibility index (Phi) is 4.22. The summed E-state index contributed by atoms with van der Waals surface area (Å²) in [4.78, 5) is 0. The molecule has 1 atom stereocenters. The molecule has 2 N–H and O–H groups in total. The average Bonchev–Trinajstić information content (AvgIpc) is 2.31. The highest BCUT2D eigenvalue weighted by atomic mass is 19.2. The minimum atomic E-state index is -2.18. The van der Waals surface area contributed by atoms with Crippen molar-refractivity contribution in [2.24, 2.45) is 5.73 Å². The second kappa shape index (κ2) is 5.27. The van der Waals surface area contributed by atoms with Crippen molar-refractivity contribution >= 4 is 0 Å². The Balaban J connectivity index is 3.28. The monoisotopic (exact) mass is 251 g/mol. The maximum atomic E-state index is 13.3. The minimum absolute atomic E-state index is 0.0435. The molecular weight excluding hydrogens is 241 g/mol. The molecule has 0 aromatic heterocycles. The SMILES string of the molecule is C=CCC[C@H](N)c1c(F)c(F)c(F)c(F)c1F. The number of nitrogens with two attached hydrogens (primary N) is 1. The van der Waals surface area contributed by atoms with Gasteiger partial charge >= 0.3 is 0 Å². The number of hydrogen-bond donors (Lipinski definition) is 1. The second-order valence-electron chi connectivity index (χ2n) is 3.46. The first-order chi connectivity index (χ1) is 7.91. The van der Waals surface area contributed by atoms with Crippen molar-refractivity contribution < 1.29 is 22.0 Å². The molecule has 0 amide bonds. The molecular formula is C11H10F5N. The van der Waals surface area contributed by atoms with E-state index >= 15 is 0 Å². The van der Waals surface area contributed by atoms with Gasteiger partial charge in [0, 0.05) is 11.6 Å². The van der Waals surface area contributed by atoms with Crippen LogP contribution in [0.15, 0.2) is 12.7 Å². The van der Waals surface area contributed by atoms with Gasteiger partial charge in [0.05, 0.1) is 0 Å². The van der Waals surface area contributed by atoms with Crippen LogP contribution in [0, 0.1) is 29.1 Å². The molecule has 0 fully saturated rings. The third kappa shape index (κ3) is 2.46. The molecule has 0 unspecified atom stereocenters. The van der Waals surface area contributed by atoms with E-state index in [-0.39, 0.29) is 6.42 Å². The summed E-state index contributed by atoms with van der Waals surface area (Å²) in [6.07, 6.45) is 1.79. The Labute approximate surface area is 94.7 Å². The van der Waals surface area contributed by atoms with Gasteiger partial charge in [0.1, 0.15) is 0 Å². The third-order valence-electron chi connectivity index (χ3n) is 2.30. The van der Waals surface area contributed by atoms with Crippen molar-refractivity contribution in [3.05, 3.63) is 47.3 Å². The highest BCUT2D eigenvalue weighted by molar-refractivity contribution is 5.26. The van der Waals surface area contributed by atoms with Crippen LogP contribution in [0.3, 0.4) is 0 Å². The standard InChI is InChI=1S/C11H10F5N/c1-2-3-4-5(17)6-7(12)9(14)11(16)10(15)8(6)13/h2,5H,1,3-4,17H2/t5-/m0/s1. The van der Waals surface area contributed by atoms with Gasteiger partial charge in [-0.05, 0) is 12.8 Å². The van der Waals surface area contributed by atoms with Crippen LogP contribution < -0.4 is 5.73 Å². The van der Waals surface area contributed by atoms with E-state index in [1.807, 2.05) is 0 Å². The highest BCUT2D eigenvalue weighted by Crippen LogP contribution is 2.28. The predicted octanol–water partition coefficient (Wildman–Crippen LogP) is 3.35. The van der Waals surface area contributed by atoms with E-state index in [2.05, 4.69) is 6.58 Å². The summed E-state index contributed by atoms with van der Waals surface area (Å²) < 4.78 is 64.9. The van der Waals surface area contributed by atoms with Gasteiger partial charge in [-0.3, -0.25) is 0 Å². The molecule has 1 aromatic carbocycles. The molecule has 0 heterocycles. The largest absolute Gasteiger partial charge is 0.324 e. The van der Waals surface area contributed by atoms with Crippen molar-refractivity contribution in [3.63, 3.8) is 0 Å². The van der Waals surface area contributed by atoms with Gasteiger partial charge in [0.15, 0.2) is 23.3 Å². The lowest BCUT2D eigenvalue weighted by molar-refractivity contribution is 0.362. The van der Waals surface area contributed by atoms with E-state index in [1.54, 1.807) is 0 Å². The molecule has 0 saturated heterocycles. The van der Waals surface area contributed by atoms with Crippen LogP contribution >= 0.6 is 0 Å². The molecule has 0 aliphatic carbocycles. The van der Waals surface area contributed by atoms with Crippen molar-refractivity contribution in [1.82, 2.24) is 0 Å². The number of allylic oxidation sites excluding steroid dienone is 1. The van der Waals surface area contributed by atoms with Crippen LogP contribution in [0.25, 0.3) is 0 Å². The lowest BCUT2D eigenvalue weighted by atomic mass is 10.0. The van der Waals surface area contributed by atoms with Gasteiger partial charge in [-0.15, -0.1) is 6.58 Å². The molecule has 0 saturated carbocycles. The normalized spacial score (nSPS) is 12.6. The molecule has 17 heavy (non-hydrogen) atoms. The summed E-state index contributed by atoms with van der Waals surface area (Å²) in [5, 5.41) is 0. The molecule has 0 radical (unpaired) electrons. The fraction of sp³-hybridized carbons (Fsp3) is 0.273. The lowest BCUT2D eigenvalue weighted by Gasteiger charge is -2.14. The van der Waals surface area contributed by atoms with Gasteiger partial charge in [0.25, 0.3) is 0 Å². The number of hydrogen-bond acceptors (Lipinski definition) is 1. The van der Waals surface area contributed by atoms with Crippen LogP contribution in [0.5, 0.6) is 0 Å². The van der Waals surface area contributed by atoms with Crippen LogP contribution in [0.1, 0.15) is 24.4 Å². The van der Waals surface area contributed by atoms with Crippen LogP contribution in [-0.4, -0.2) is 0 Å². The summed E-state index contributed by atoms with van der Waals surface area (Å²) in [5.41, 5.74) is 4.40. The van der Waals surface area contributed by atoms with Crippen LogP contribution in [-0.2, 0) is 0 Å². The van der Waals surface area contributed by atoms with Gasteiger partial charge in [-0.2, -0.15) is 0 Å². The number of benzene rings is 1. The third-order valence-corrected chi connectivity index (χ3v) is 2.30. The fourth-order valence-electron chi connectivity index (χ4n) is 1.39. The highest BCUT2D eigenvalue weighted by Gasteiger charge is 2.28. The van der Waals surface area contributed by atoms with Gasteiger partial charge in [-0.1, -0.05) is 6.08 Å². The Hall–Kier alpha value is -1.43. The van der Waals surface area contributed by atoms with Gasteiger partial charge in [0.2, 0.25) is 5.82 Å². The first kappa shape index (κ1) is 13.6. The Morgan fingerprint density at radius 2 is 1.35 bits per heavy atom. The fourth-order valence-corrected chi connectivity index (χ4v) is 1.39. The molecule has 0 aliphatic rings. The Morgan fingerprint density at radius 3 is 1.76 bits per heavy atom. The number of rotatable bonds is 4. The summed E-state index contributed by atoms with van der Waals surface area (Å²) in [7, 11) is 0. The van der Waals surface area contributed by atoms with E-state index in [4.69, 9.17) is 5.73 Å². The summed E-state index contributed by atoms with van der Waals surface area (Å²) in [5.74, 6) is -9.89. The van der Waals surface area contributed by atoms with Crippen molar-refractivity contribution in [1.29, 1.82) is 0 Å². The molecule has 6 heteroatoms. The summed E-state index contributed by atoms with van der Waals surface area (Å²) >= 11 is 0. The van der Waals surface area contributed by atoms with Crippen molar-refractivity contribution in [2.75, 3.05) is 0 Å². The van der Waals surface area contributed by atoms with Gasteiger partial charge < -0.3 is 5.73 Å². The van der Waals surface area contributed by atoms with E-state index in [9.17, 15) is 22.0 Å². The van der Waals surface area contributed by atoms with E-state index in [0.717, 1.165) is 0 Å². The summed E-state index contributed by atoms with van der Waals surface area (Å²) in [6, 6.07) is -1.27. The first-order valence-corrected chi connectivity index (χ1v) is 4.79. The zero-order chi connectivity index (χ0) is 13.2. The van der Waals surface area contributed by atoms with Crippen molar-refractivity contribution in [3.8, 4) is 0 Å². The maximum Gasteiger partial charge on any atom is 0.200 e. The second-order valence-corrected chi connectivity index (χ2v) is 3.46. The van der Waals surface area contributed by atoms with Gasteiger partial charge in [-0.25, -0.2) is 22.0 Å².